The molecule has 32 heavy (non-hydrogen) atoms. The molecule has 0 heterocycles. The largest absolute Gasteiger partial charge is 0.459 e. The predicted molar refractivity (Wildman–Crippen MR) is 113 cm³/mol. The Balaban J connectivity index is 1.76. The summed E-state index contributed by atoms with van der Waals surface area (Å²) >= 11 is 0. The molecule has 0 bridgehead atoms. The number of ketones is 2. The van der Waals surface area contributed by atoms with E-state index in [2.05, 4.69) is 0 Å². The van der Waals surface area contributed by atoms with Gasteiger partial charge in [-0.15, -0.1) is 0 Å². The number of alkyl halides is 1. The summed E-state index contributed by atoms with van der Waals surface area (Å²) in [6.45, 7) is 5.84. The highest BCUT2D eigenvalue weighted by molar-refractivity contribution is 6.01. The first-order valence-corrected chi connectivity index (χ1v) is 11.1. The molecule has 0 saturated heterocycles. The van der Waals surface area contributed by atoms with Crippen molar-refractivity contribution in [3.05, 3.63) is 35.5 Å². The zero-order valence-electron chi connectivity index (χ0n) is 18.9. The maximum atomic E-state index is 17.4. The van der Waals surface area contributed by atoms with Gasteiger partial charge >= 0.3 is 11.9 Å². The molecule has 0 N–H and O–H groups in total. The molecule has 0 aromatic carbocycles. The Kier molecular flexibility index (Phi) is 5.30. The second kappa shape index (κ2) is 7.49. The van der Waals surface area contributed by atoms with E-state index in [1.807, 2.05) is 13.0 Å². The first-order chi connectivity index (χ1) is 14.9. The van der Waals surface area contributed by atoms with Gasteiger partial charge < -0.3 is 9.47 Å². The molecule has 4 aliphatic rings. The molecule has 4 aliphatic carbocycles. The van der Waals surface area contributed by atoms with Crippen molar-refractivity contribution >= 4 is 23.5 Å². The average molecular weight is 444 g/mol. The molecule has 0 radical (unpaired) electrons. The van der Waals surface area contributed by atoms with E-state index in [4.69, 9.17) is 9.47 Å². The third-order valence-corrected chi connectivity index (χ3v) is 8.21. The minimum absolute atomic E-state index is 0.145. The number of esters is 2. The minimum Gasteiger partial charge on any atom is -0.459 e. The van der Waals surface area contributed by atoms with Crippen molar-refractivity contribution in [2.24, 2.45) is 22.7 Å². The van der Waals surface area contributed by atoms with Gasteiger partial charge in [0, 0.05) is 36.2 Å². The lowest BCUT2D eigenvalue weighted by atomic mass is 9.45. The first kappa shape index (κ1) is 22.6. The quantitative estimate of drug-likeness (QED) is 0.616. The lowest BCUT2D eigenvalue weighted by Crippen LogP contribution is -2.67. The van der Waals surface area contributed by atoms with E-state index in [0.717, 1.165) is 5.57 Å². The number of Topliss-reactive ketones (excluding diaryl/α,β-unsaturated/α-hetero) is 1. The van der Waals surface area contributed by atoms with Crippen molar-refractivity contribution in [1.29, 1.82) is 0 Å². The smallest absolute Gasteiger partial charge is 0.303 e. The summed E-state index contributed by atoms with van der Waals surface area (Å²) in [5.41, 5.74) is -2.45. The van der Waals surface area contributed by atoms with Crippen molar-refractivity contribution in [2.45, 2.75) is 65.2 Å². The molecule has 0 amide bonds. The van der Waals surface area contributed by atoms with Crippen LogP contribution in [0.3, 0.4) is 0 Å². The van der Waals surface area contributed by atoms with Crippen LogP contribution in [0.4, 0.5) is 4.39 Å². The van der Waals surface area contributed by atoms with E-state index in [1.54, 1.807) is 13.0 Å². The Bertz CT molecular complexity index is 992. The molecule has 0 unspecified atom stereocenters. The number of halogens is 1. The van der Waals surface area contributed by atoms with Crippen LogP contribution in [0.15, 0.2) is 35.5 Å². The Morgan fingerprint density at radius 3 is 2.53 bits per heavy atom. The number of rotatable bonds is 4. The summed E-state index contributed by atoms with van der Waals surface area (Å²) in [5.74, 6) is -2.23. The van der Waals surface area contributed by atoms with Crippen LogP contribution in [-0.4, -0.2) is 41.9 Å². The lowest BCUT2D eigenvalue weighted by Gasteiger charge is -2.62. The van der Waals surface area contributed by atoms with Crippen LogP contribution in [0.1, 0.15) is 53.4 Å². The van der Waals surface area contributed by atoms with Gasteiger partial charge in [-0.25, -0.2) is 4.39 Å². The average Bonchev–Trinajstić information content (AvgIpc) is 3.04. The summed E-state index contributed by atoms with van der Waals surface area (Å²) in [7, 11) is 0. The van der Waals surface area contributed by atoms with Crippen LogP contribution >= 0.6 is 0 Å². The third-order valence-electron chi connectivity index (χ3n) is 8.21. The number of carbonyl (C=O) groups excluding carboxylic acids is 4. The number of fused-ring (bicyclic) bond motifs is 5. The molecule has 2 saturated carbocycles. The molecular formula is C25H29FO6. The maximum Gasteiger partial charge on any atom is 0.303 e. The van der Waals surface area contributed by atoms with E-state index in [-0.39, 0.29) is 30.5 Å². The van der Waals surface area contributed by atoms with E-state index in [9.17, 15) is 19.2 Å². The van der Waals surface area contributed by atoms with E-state index >= 15 is 4.39 Å². The van der Waals surface area contributed by atoms with Gasteiger partial charge in [-0.1, -0.05) is 24.6 Å². The van der Waals surface area contributed by atoms with Crippen LogP contribution < -0.4 is 0 Å². The summed E-state index contributed by atoms with van der Waals surface area (Å²) in [5, 5.41) is 0. The van der Waals surface area contributed by atoms with E-state index < -0.39 is 40.5 Å². The Morgan fingerprint density at radius 1 is 1.16 bits per heavy atom. The van der Waals surface area contributed by atoms with E-state index in [1.165, 1.54) is 26.0 Å². The van der Waals surface area contributed by atoms with Crippen LogP contribution in [0.2, 0.25) is 0 Å². The second-order valence-electron chi connectivity index (χ2n) is 9.90. The summed E-state index contributed by atoms with van der Waals surface area (Å²) in [6, 6.07) is 0. The highest BCUT2D eigenvalue weighted by atomic mass is 19.1. The molecule has 0 spiro atoms. The number of ether oxygens (including phenoxy) is 2. The van der Waals surface area contributed by atoms with Gasteiger partial charge in [-0.2, -0.15) is 0 Å². The first-order valence-electron chi connectivity index (χ1n) is 11.1. The van der Waals surface area contributed by atoms with Crippen molar-refractivity contribution in [2.75, 3.05) is 6.61 Å². The van der Waals surface area contributed by atoms with Crippen LogP contribution in [-0.2, 0) is 28.7 Å². The van der Waals surface area contributed by atoms with Crippen LogP contribution in [0, 0.1) is 22.7 Å². The number of carbonyl (C=O) groups is 4. The van der Waals surface area contributed by atoms with Gasteiger partial charge in [-0.05, 0) is 50.7 Å². The van der Waals surface area contributed by atoms with Crippen molar-refractivity contribution in [3.63, 3.8) is 0 Å². The molecule has 2 fully saturated rings. The van der Waals surface area contributed by atoms with Crippen LogP contribution in [0.25, 0.3) is 0 Å². The zero-order valence-corrected chi connectivity index (χ0v) is 18.9. The molecular weight excluding hydrogens is 415 g/mol. The SMILES string of the molecule is CC(=O)OCC(=O)C1=CC[C@H]2[C@H]3CCC4=CC(=O)C=C[C@]4(C)[C@@]3(F)[C@H](OC(C)=O)C[C@]12C. The topological polar surface area (TPSA) is 86.7 Å². The number of hydrogen-bond donors (Lipinski definition) is 0. The molecule has 0 aromatic heterocycles. The maximum absolute atomic E-state index is 17.4. The monoisotopic (exact) mass is 444 g/mol. The highest BCUT2D eigenvalue weighted by Gasteiger charge is 2.71. The fourth-order valence-corrected chi connectivity index (χ4v) is 6.75. The third kappa shape index (κ3) is 3.11. The number of allylic oxidation sites excluding steroid dienone is 5. The van der Waals surface area contributed by atoms with Gasteiger partial charge in [0.1, 0.15) is 6.10 Å². The van der Waals surface area contributed by atoms with Gasteiger partial charge in [0.15, 0.2) is 23.8 Å². The molecule has 7 heteroatoms. The van der Waals surface area contributed by atoms with Gasteiger partial charge in [-0.3, -0.25) is 19.2 Å². The van der Waals surface area contributed by atoms with Crippen molar-refractivity contribution < 1.29 is 33.0 Å². The highest BCUT2D eigenvalue weighted by Crippen LogP contribution is 2.68. The molecule has 172 valence electrons. The normalized spacial score (nSPS) is 39.8. The van der Waals surface area contributed by atoms with Crippen molar-refractivity contribution in [3.8, 4) is 0 Å². The lowest BCUT2D eigenvalue weighted by molar-refractivity contribution is -0.206. The van der Waals surface area contributed by atoms with Gasteiger partial charge in [0.2, 0.25) is 0 Å². The summed E-state index contributed by atoms with van der Waals surface area (Å²) in [4.78, 5) is 48.1. The molecule has 6 nitrogen and oxygen atoms in total. The minimum atomic E-state index is -1.91. The Labute approximate surface area is 186 Å². The zero-order chi connectivity index (χ0) is 23.5. The second-order valence-corrected chi connectivity index (χ2v) is 9.90. The fourth-order valence-electron chi connectivity index (χ4n) is 6.75. The van der Waals surface area contributed by atoms with Gasteiger partial charge in [0.25, 0.3) is 0 Å². The van der Waals surface area contributed by atoms with E-state index in [0.29, 0.717) is 24.8 Å². The summed E-state index contributed by atoms with van der Waals surface area (Å²) in [6.07, 6.45) is 7.03. The van der Waals surface area contributed by atoms with Crippen molar-refractivity contribution in [1.82, 2.24) is 0 Å². The van der Waals surface area contributed by atoms with Gasteiger partial charge in [0.05, 0.1) is 0 Å². The molecule has 4 rings (SSSR count). The van der Waals surface area contributed by atoms with Crippen LogP contribution in [0.5, 0.6) is 0 Å². The molecule has 0 aliphatic heterocycles. The predicted octanol–water partition coefficient (Wildman–Crippen LogP) is 3.60. The fraction of sp³-hybridized carbons (Fsp3) is 0.600. The summed E-state index contributed by atoms with van der Waals surface area (Å²) < 4.78 is 28.0. The molecule has 6 atom stereocenters. The standard InChI is InChI=1S/C25H29FO6/c1-14(27)31-13-21(30)20-8-7-18-19-6-5-16-11-17(29)9-10-24(16,4)25(19,26)22(32-15(2)28)12-23(18,20)3/h8-11,18-19,22H,5-7,12-13H2,1-4H3/t18-,19+,22+,23-,24-,25-/m0/s1. The Hall–Kier alpha value is -2.57. The Morgan fingerprint density at radius 2 is 1.88 bits per heavy atom. The molecule has 0 aromatic rings. The number of hydrogen-bond acceptors (Lipinski definition) is 6.